The van der Waals surface area contributed by atoms with Crippen molar-refractivity contribution in [1.29, 1.82) is 0 Å². The predicted molar refractivity (Wildman–Crippen MR) is 185 cm³/mol. The van der Waals surface area contributed by atoms with E-state index in [0.29, 0.717) is 11.3 Å². The van der Waals surface area contributed by atoms with Crippen LogP contribution in [0.3, 0.4) is 0 Å². The van der Waals surface area contributed by atoms with Gasteiger partial charge in [0, 0.05) is 33.8 Å². The second kappa shape index (κ2) is 15.8. The molecule has 0 fully saturated rings. The Morgan fingerprint density at radius 1 is 0.596 bits per heavy atom. The van der Waals surface area contributed by atoms with E-state index in [1.165, 1.54) is 17.2 Å². The molecule has 0 aliphatic carbocycles. The van der Waals surface area contributed by atoms with Crippen LogP contribution in [-0.2, 0) is 20.1 Å². The van der Waals surface area contributed by atoms with E-state index in [1.807, 2.05) is 111 Å². The minimum absolute atomic E-state index is 0. The molecule has 8 aromatic rings. The van der Waals surface area contributed by atoms with Crippen molar-refractivity contribution in [1.82, 2.24) is 19.9 Å². The van der Waals surface area contributed by atoms with Gasteiger partial charge in [-0.2, -0.15) is 0 Å². The second-order valence-corrected chi connectivity index (χ2v) is 10.5. The predicted octanol–water partition coefficient (Wildman–Crippen LogP) is 9.86. The Balaban J connectivity index is 0.000000155. The molecule has 0 spiro atoms. The molecule has 5 nitrogen and oxygen atoms in total. The number of rotatable bonds is 3. The third-order valence-corrected chi connectivity index (χ3v) is 7.01. The summed E-state index contributed by atoms with van der Waals surface area (Å²) in [6.45, 7) is 1.81. The van der Waals surface area contributed by atoms with E-state index in [2.05, 4.69) is 50.3 Å². The molecule has 47 heavy (non-hydrogen) atoms. The quantitative estimate of drug-likeness (QED) is 0.167. The van der Waals surface area contributed by atoms with E-state index < -0.39 is 6.85 Å². The molecular weight excluding hydrogens is 757 g/mol. The van der Waals surface area contributed by atoms with Crippen molar-refractivity contribution in [3.8, 4) is 33.8 Å². The smallest absolute Gasteiger partial charge is 0.486 e. The maximum atomic E-state index is 7.47. The largest absolute Gasteiger partial charge is 3.00 e. The zero-order chi connectivity index (χ0) is 34.2. The maximum Gasteiger partial charge on any atom is 3.00 e. The summed E-state index contributed by atoms with van der Waals surface area (Å²) in [7, 11) is 0. The average molecular weight is 791 g/mol. The monoisotopic (exact) mass is 791 g/mol. The van der Waals surface area contributed by atoms with Crippen LogP contribution in [0.15, 0.2) is 138 Å². The molecule has 5 aromatic heterocycles. The maximum absolute atomic E-state index is 7.47. The first-order chi connectivity index (χ1) is 23.8. The molecule has 5 heterocycles. The minimum Gasteiger partial charge on any atom is -0.486 e. The zero-order valence-corrected chi connectivity index (χ0v) is 28.1. The summed E-state index contributed by atoms with van der Waals surface area (Å²) in [5.41, 5.74) is 8.82. The third-order valence-electron chi connectivity index (χ3n) is 7.01. The van der Waals surface area contributed by atoms with E-state index in [0.717, 1.165) is 44.5 Å². The van der Waals surface area contributed by atoms with Gasteiger partial charge in [0.15, 0.2) is 0 Å². The molecule has 0 bridgehead atoms. The summed E-state index contributed by atoms with van der Waals surface area (Å²) in [5, 5.41) is 1.64. The molecule has 6 heteroatoms. The Hall–Kier alpha value is -5.29. The molecule has 230 valence electrons. The van der Waals surface area contributed by atoms with Gasteiger partial charge in [0.05, 0.1) is 5.58 Å². The number of hydrogen-bond acceptors (Lipinski definition) is 5. The van der Waals surface area contributed by atoms with Crippen molar-refractivity contribution in [2.45, 2.75) is 20.7 Å². The van der Waals surface area contributed by atoms with Gasteiger partial charge in [0.25, 0.3) is 0 Å². The van der Waals surface area contributed by atoms with Crippen LogP contribution in [-0.4, -0.2) is 19.9 Å². The van der Waals surface area contributed by atoms with Gasteiger partial charge in [-0.25, -0.2) is 4.98 Å². The van der Waals surface area contributed by atoms with Crippen molar-refractivity contribution < 1.29 is 28.6 Å². The van der Waals surface area contributed by atoms with Crippen molar-refractivity contribution in [2.75, 3.05) is 0 Å². The fraction of sp³-hybridized carbons (Fsp3) is 0.0732. The van der Waals surface area contributed by atoms with E-state index in [-0.39, 0.29) is 25.8 Å². The summed E-state index contributed by atoms with van der Waals surface area (Å²) in [5.74, 6) is 0. The number of aromatic nitrogens is 4. The number of fused-ring (bicyclic) bond motifs is 3. The molecule has 0 radical (unpaired) electrons. The van der Waals surface area contributed by atoms with E-state index in [4.69, 9.17) is 8.53 Å². The first kappa shape index (κ1) is 29.1. The Labute approximate surface area is 293 Å². The minimum atomic E-state index is -2.26. The topological polar surface area (TPSA) is 64.7 Å². The van der Waals surface area contributed by atoms with Gasteiger partial charge in [-0.1, -0.05) is 47.3 Å². The van der Waals surface area contributed by atoms with E-state index >= 15 is 0 Å². The average Bonchev–Trinajstić information content (AvgIpc) is 3.52. The molecule has 0 saturated heterocycles. The molecule has 0 amide bonds. The molecule has 0 atom stereocenters. The summed E-state index contributed by atoms with van der Waals surface area (Å²) in [4.78, 5) is 17.1. The van der Waals surface area contributed by atoms with Crippen molar-refractivity contribution in [2.24, 2.45) is 0 Å². The van der Waals surface area contributed by atoms with Crippen molar-refractivity contribution >= 4 is 22.1 Å². The van der Waals surface area contributed by atoms with Gasteiger partial charge in [-0.05, 0) is 67.1 Å². The van der Waals surface area contributed by atoms with Crippen LogP contribution in [0.1, 0.15) is 20.9 Å². The number of pyridine rings is 4. The molecule has 0 aliphatic rings. The Bertz CT molecular complexity index is 2180. The summed E-state index contributed by atoms with van der Waals surface area (Å²) in [6.07, 6.45) is 5.45. The first-order valence-corrected chi connectivity index (χ1v) is 14.7. The summed E-state index contributed by atoms with van der Waals surface area (Å²) in [6, 6.07) is 45.8. The Morgan fingerprint density at radius 3 is 1.79 bits per heavy atom. The molecule has 8 rings (SSSR count). The van der Waals surface area contributed by atoms with Crippen LogP contribution >= 0.6 is 0 Å². The molecule has 0 unspecified atom stereocenters. The standard InChI is InChI=1S/C17H11N2O.2C12H10N.Ir/c1-11-8-9-13-12-5-4-6-14(15-7-2-3-10-18-15)16(12)20-17(13)19-11;2*1-10-7-8-12(13-9-10)11-5-3-2-4-6-11;/h2-5,7-10H,1H3;2*2-5,7-9H,1H3;/q3*-1;+3/i1D3;;;. The SMILES string of the molecule is Cc1ccc(-c2[c-]cccc2)nc1.Cc1ccc(-c2[c-]cccc2)nc1.[2H]C([2H])([2H])c1ccc2c(n1)oc1c(-c3ccccn3)[c-]ccc12.[Ir+3]. The fourth-order valence-corrected chi connectivity index (χ4v) is 4.68. The van der Waals surface area contributed by atoms with Crippen LogP contribution in [0.4, 0.5) is 0 Å². The van der Waals surface area contributed by atoms with Gasteiger partial charge in [0.1, 0.15) is 0 Å². The summed E-state index contributed by atoms with van der Waals surface area (Å²) < 4.78 is 28.3. The molecule has 0 aliphatic heterocycles. The number of benzene rings is 3. The zero-order valence-electron chi connectivity index (χ0n) is 28.7. The summed E-state index contributed by atoms with van der Waals surface area (Å²) >= 11 is 0. The van der Waals surface area contributed by atoms with Crippen molar-refractivity contribution in [3.05, 3.63) is 169 Å². The van der Waals surface area contributed by atoms with Crippen LogP contribution in [0.25, 0.3) is 55.8 Å². The number of nitrogens with zero attached hydrogens (tertiary/aromatic N) is 4. The Kier molecular flexibility index (Phi) is 9.80. The number of hydrogen-bond donors (Lipinski definition) is 0. The van der Waals surface area contributed by atoms with E-state index in [9.17, 15) is 0 Å². The number of aryl methyl sites for hydroxylation is 3. The van der Waals surface area contributed by atoms with Crippen LogP contribution in [0.5, 0.6) is 0 Å². The van der Waals surface area contributed by atoms with Gasteiger partial charge < -0.3 is 19.4 Å². The second-order valence-electron chi connectivity index (χ2n) is 10.5. The van der Waals surface area contributed by atoms with Gasteiger partial charge in [-0.3, -0.25) is 0 Å². The number of furan rings is 1. The molecule has 0 N–H and O–H groups in total. The fourth-order valence-electron chi connectivity index (χ4n) is 4.68. The van der Waals surface area contributed by atoms with Gasteiger partial charge >= 0.3 is 20.1 Å². The molecular formula is C41H31IrN4O. The Morgan fingerprint density at radius 2 is 1.26 bits per heavy atom. The van der Waals surface area contributed by atoms with E-state index in [1.54, 1.807) is 18.3 Å². The molecule has 3 aromatic carbocycles. The van der Waals surface area contributed by atoms with Gasteiger partial charge in [-0.15, -0.1) is 90.0 Å². The van der Waals surface area contributed by atoms with Crippen LogP contribution in [0, 0.1) is 38.9 Å². The van der Waals surface area contributed by atoms with Gasteiger partial charge in [0.2, 0.25) is 5.71 Å². The molecule has 0 saturated carbocycles. The van der Waals surface area contributed by atoms with Crippen LogP contribution in [0.2, 0.25) is 0 Å². The van der Waals surface area contributed by atoms with Crippen LogP contribution < -0.4 is 0 Å². The third kappa shape index (κ3) is 8.30. The first-order valence-electron chi connectivity index (χ1n) is 16.2. The normalized spacial score (nSPS) is 11.5. The van der Waals surface area contributed by atoms with Crippen molar-refractivity contribution in [3.63, 3.8) is 0 Å².